The third-order valence-electron chi connectivity index (χ3n) is 4.36. The van der Waals surface area contributed by atoms with Crippen LogP contribution in [0.25, 0.3) is 5.69 Å². The van der Waals surface area contributed by atoms with Gasteiger partial charge in [-0.1, -0.05) is 23.7 Å². The average molecular weight is 332 g/mol. The minimum absolute atomic E-state index is 0.0486. The lowest BCUT2D eigenvalue weighted by molar-refractivity contribution is 0.0779. The molecule has 2 aromatic rings. The molecule has 0 unspecified atom stereocenters. The van der Waals surface area contributed by atoms with Gasteiger partial charge in [-0.15, -0.1) is 5.10 Å². The molecule has 120 valence electrons. The zero-order chi connectivity index (χ0) is 16.0. The Morgan fingerprint density at radius 1 is 1.26 bits per heavy atom. The molecule has 1 amide bonds. The molecule has 1 aromatic carbocycles. The van der Waals surface area contributed by atoms with Crippen LogP contribution in [0.3, 0.4) is 0 Å². The summed E-state index contributed by atoms with van der Waals surface area (Å²) in [5.41, 5.74) is 6.65. The van der Waals surface area contributed by atoms with E-state index in [0.717, 1.165) is 30.8 Å². The smallest absolute Gasteiger partial charge is 0.293 e. The van der Waals surface area contributed by atoms with E-state index in [1.165, 1.54) is 0 Å². The Labute approximate surface area is 139 Å². The molecule has 0 spiro atoms. The van der Waals surface area contributed by atoms with Gasteiger partial charge in [-0.25, -0.2) is 9.67 Å². The Bertz CT molecular complexity index is 755. The molecular formula is C16H18ClN5O. The zero-order valence-electron chi connectivity index (χ0n) is 12.7. The lowest BCUT2D eigenvalue weighted by Crippen LogP contribution is -2.32. The van der Waals surface area contributed by atoms with Crippen LogP contribution in [0.1, 0.15) is 41.6 Å². The number of nitrogens with zero attached hydrogens (tertiary/aromatic N) is 4. The van der Waals surface area contributed by atoms with Gasteiger partial charge in [0.2, 0.25) is 5.82 Å². The van der Waals surface area contributed by atoms with Gasteiger partial charge in [0.25, 0.3) is 5.91 Å². The first-order valence-electron chi connectivity index (χ1n) is 7.90. The van der Waals surface area contributed by atoms with E-state index in [0.29, 0.717) is 24.0 Å². The maximum Gasteiger partial charge on any atom is 0.293 e. The van der Waals surface area contributed by atoms with Crippen molar-refractivity contribution in [2.45, 2.75) is 31.2 Å². The molecule has 7 heteroatoms. The highest BCUT2D eigenvalue weighted by atomic mass is 35.5. The van der Waals surface area contributed by atoms with Gasteiger partial charge in [0, 0.05) is 25.0 Å². The second kappa shape index (κ2) is 5.62. The van der Waals surface area contributed by atoms with Crippen molar-refractivity contribution in [2.75, 3.05) is 13.1 Å². The molecule has 1 aromatic heterocycles. The van der Waals surface area contributed by atoms with Gasteiger partial charge < -0.3 is 10.6 Å². The van der Waals surface area contributed by atoms with Crippen molar-refractivity contribution < 1.29 is 4.79 Å². The molecule has 2 fully saturated rings. The maximum absolute atomic E-state index is 12.6. The molecule has 1 atom stereocenters. The van der Waals surface area contributed by atoms with Gasteiger partial charge in [-0.3, -0.25) is 4.79 Å². The van der Waals surface area contributed by atoms with Crippen LogP contribution in [0.2, 0.25) is 5.02 Å². The summed E-state index contributed by atoms with van der Waals surface area (Å²) in [7, 11) is 0. The molecule has 6 nitrogen and oxygen atoms in total. The minimum atomic E-state index is -0.148. The number of aromatic nitrogens is 3. The number of carbonyl (C=O) groups excluding carboxylic acids is 1. The predicted molar refractivity (Wildman–Crippen MR) is 86.8 cm³/mol. The summed E-state index contributed by atoms with van der Waals surface area (Å²) in [5, 5.41) is 5.06. The van der Waals surface area contributed by atoms with Crippen LogP contribution in [0.4, 0.5) is 0 Å². The molecule has 2 N–H and O–H groups in total. The summed E-state index contributed by atoms with van der Waals surface area (Å²) in [4.78, 5) is 18.9. The molecular weight excluding hydrogens is 314 g/mol. The van der Waals surface area contributed by atoms with Gasteiger partial charge in [-0.2, -0.15) is 0 Å². The van der Waals surface area contributed by atoms with E-state index in [1.807, 2.05) is 24.3 Å². The molecule has 4 rings (SSSR count). The molecule has 1 saturated carbocycles. The number of hydrogen-bond donors (Lipinski definition) is 1. The van der Waals surface area contributed by atoms with E-state index in [4.69, 9.17) is 17.3 Å². The van der Waals surface area contributed by atoms with Crippen molar-refractivity contribution in [2.24, 2.45) is 5.73 Å². The van der Waals surface area contributed by atoms with E-state index >= 15 is 0 Å². The lowest BCUT2D eigenvalue weighted by atomic mass is 10.3. The Balaban J connectivity index is 1.71. The maximum atomic E-state index is 12.6. The van der Waals surface area contributed by atoms with Crippen LogP contribution in [0, 0.1) is 0 Å². The Hall–Kier alpha value is -1.92. The molecule has 1 aliphatic heterocycles. The molecule has 2 aliphatic rings. The number of rotatable bonds is 3. The fraction of sp³-hybridized carbons (Fsp3) is 0.438. The SMILES string of the molecule is N[C@@H]1CCN(C(=O)c2nc(C3CC3)n(-c3ccccc3Cl)n2)C1. The van der Waals surface area contributed by atoms with Gasteiger partial charge in [0.15, 0.2) is 0 Å². The molecule has 0 bridgehead atoms. The Morgan fingerprint density at radius 3 is 2.70 bits per heavy atom. The van der Waals surface area contributed by atoms with E-state index in [9.17, 15) is 4.79 Å². The van der Waals surface area contributed by atoms with Crippen LogP contribution >= 0.6 is 11.6 Å². The van der Waals surface area contributed by atoms with Gasteiger partial charge in [-0.05, 0) is 31.4 Å². The fourth-order valence-corrected chi connectivity index (χ4v) is 3.15. The second-order valence-electron chi connectivity index (χ2n) is 6.23. The highest BCUT2D eigenvalue weighted by Crippen LogP contribution is 2.40. The second-order valence-corrected chi connectivity index (χ2v) is 6.64. The quantitative estimate of drug-likeness (QED) is 0.932. The van der Waals surface area contributed by atoms with Gasteiger partial charge in [0.05, 0.1) is 10.7 Å². The van der Waals surface area contributed by atoms with Crippen molar-refractivity contribution in [1.29, 1.82) is 0 Å². The van der Waals surface area contributed by atoms with Crippen molar-refractivity contribution in [3.05, 3.63) is 40.9 Å². The van der Waals surface area contributed by atoms with Crippen LogP contribution in [-0.2, 0) is 0 Å². The van der Waals surface area contributed by atoms with Gasteiger partial charge >= 0.3 is 0 Å². The number of likely N-dealkylation sites (tertiary alicyclic amines) is 1. The summed E-state index contributed by atoms with van der Waals surface area (Å²) in [6, 6.07) is 7.53. The number of halogens is 1. The number of nitrogens with two attached hydrogens (primary N) is 1. The molecule has 23 heavy (non-hydrogen) atoms. The first-order valence-corrected chi connectivity index (χ1v) is 8.28. The third-order valence-corrected chi connectivity index (χ3v) is 4.68. The van der Waals surface area contributed by atoms with Crippen molar-refractivity contribution in [3.8, 4) is 5.69 Å². The van der Waals surface area contributed by atoms with Crippen molar-refractivity contribution >= 4 is 17.5 Å². The number of carbonyl (C=O) groups is 1. The van der Waals surface area contributed by atoms with Crippen molar-refractivity contribution in [3.63, 3.8) is 0 Å². The van der Waals surface area contributed by atoms with Crippen molar-refractivity contribution in [1.82, 2.24) is 19.7 Å². The third kappa shape index (κ3) is 2.72. The standard InChI is InChI=1S/C16H18ClN5O/c17-12-3-1-2-4-13(12)22-15(10-5-6-10)19-14(20-22)16(23)21-8-7-11(18)9-21/h1-4,10-11H,5-9,18H2/t11-/m1/s1. The van der Waals surface area contributed by atoms with Crippen LogP contribution in [0.5, 0.6) is 0 Å². The number of para-hydroxylation sites is 1. The highest BCUT2D eigenvalue weighted by molar-refractivity contribution is 6.32. The summed E-state index contributed by atoms with van der Waals surface area (Å²) >= 11 is 6.29. The van der Waals surface area contributed by atoms with Crippen LogP contribution < -0.4 is 5.73 Å². The summed E-state index contributed by atoms with van der Waals surface area (Å²) in [6.07, 6.45) is 2.98. The molecule has 1 aliphatic carbocycles. The van der Waals surface area contributed by atoms with E-state index < -0.39 is 0 Å². The van der Waals surface area contributed by atoms with E-state index in [2.05, 4.69) is 10.1 Å². The van der Waals surface area contributed by atoms with E-state index in [-0.39, 0.29) is 17.8 Å². The summed E-state index contributed by atoms with van der Waals surface area (Å²) in [5.74, 6) is 1.28. The topological polar surface area (TPSA) is 77.0 Å². The minimum Gasteiger partial charge on any atom is -0.334 e. The molecule has 0 radical (unpaired) electrons. The zero-order valence-corrected chi connectivity index (χ0v) is 13.4. The van der Waals surface area contributed by atoms with Gasteiger partial charge in [0.1, 0.15) is 5.82 Å². The average Bonchev–Trinajstić information content (AvgIpc) is 3.15. The molecule has 2 heterocycles. The first-order chi connectivity index (χ1) is 11.1. The number of benzene rings is 1. The number of hydrogen-bond acceptors (Lipinski definition) is 4. The Morgan fingerprint density at radius 2 is 2.04 bits per heavy atom. The normalized spacial score (nSPS) is 21.0. The molecule has 1 saturated heterocycles. The summed E-state index contributed by atoms with van der Waals surface area (Å²) in [6.45, 7) is 1.23. The Kier molecular flexibility index (Phi) is 3.58. The first kappa shape index (κ1) is 14.7. The highest BCUT2D eigenvalue weighted by Gasteiger charge is 2.34. The fourth-order valence-electron chi connectivity index (χ4n) is 2.93. The van der Waals surface area contributed by atoms with Crippen LogP contribution in [0.15, 0.2) is 24.3 Å². The lowest BCUT2D eigenvalue weighted by Gasteiger charge is -2.12. The largest absolute Gasteiger partial charge is 0.334 e. The monoisotopic (exact) mass is 331 g/mol. The number of amides is 1. The summed E-state index contributed by atoms with van der Waals surface area (Å²) < 4.78 is 1.73. The van der Waals surface area contributed by atoms with Crippen LogP contribution in [-0.4, -0.2) is 44.7 Å². The predicted octanol–water partition coefficient (Wildman–Crippen LogP) is 1.97. The van der Waals surface area contributed by atoms with E-state index in [1.54, 1.807) is 9.58 Å².